The first-order valence-corrected chi connectivity index (χ1v) is 7.67. The van der Waals surface area contributed by atoms with Gasteiger partial charge in [-0.2, -0.15) is 0 Å². The average molecular weight is 311 g/mol. The molecule has 1 aromatic rings. The average Bonchev–Trinajstić information content (AvgIpc) is 2.45. The molecule has 1 unspecified atom stereocenters. The minimum absolute atomic E-state index is 0.00581. The van der Waals surface area contributed by atoms with Gasteiger partial charge in [0.05, 0.1) is 16.8 Å². The van der Waals surface area contributed by atoms with E-state index in [2.05, 4.69) is 22.2 Å². The number of hydrogen-bond acceptors (Lipinski definition) is 4. The maximum Gasteiger partial charge on any atom is 0.241 e. The van der Waals surface area contributed by atoms with Crippen molar-refractivity contribution in [1.82, 2.24) is 9.80 Å². The second kappa shape index (κ2) is 7.11. The Bertz CT molecular complexity index is 500. The van der Waals surface area contributed by atoms with E-state index in [0.717, 1.165) is 32.6 Å². The Morgan fingerprint density at radius 3 is 2.62 bits per heavy atom. The number of piperazine rings is 1. The van der Waals surface area contributed by atoms with Crippen LogP contribution in [0.25, 0.3) is 0 Å². The van der Waals surface area contributed by atoms with Crippen molar-refractivity contribution in [2.75, 3.05) is 44.3 Å². The first-order valence-electron chi connectivity index (χ1n) is 7.29. The van der Waals surface area contributed by atoms with Crippen molar-refractivity contribution in [3.05, 3.63) is 23.2 Å². The number of rotatable bonds is 4. The first kappa shape index (κ1) is 16.1. The lowest BCUT2D eigenvalue weighted by Crippen LogP contribution is -2.52. The number of likely N-dealkylation sites (N-methyl/N-ethyl adjacent to an activating group) is 1. The summed E-state index contributed by atoms with van der Waals surface area (Å²) in [4.78, 5) is 17.0. The van der Waals surface area contributed by atoms with Gasteiger partial charge in [-0.05, 0) is 31.7 Å². The van der Waals surface area contributed by atoms with Crippen molar-refractivity contribution in [3.8, 4) is 0 Å². The van der Waals surface area contributed by atoms with Crippen LogP contribution in [0, 0.1) is 0 Å². The molecule has 1 fully saturated rings. The minimum atomic E-state index is -0.118. The number of amides is 1. The predicted octanol–water partition coefficient (Wildman–Crippen LogP) is 1.89. The van der Waals surface area contributed by atoms with Crippen molar-refractivity contribution < 1.29 is 4.79 Å². The summed E-state index contributed by atoms with van der Waals surface area (Å²) in [5, 5.41) is 3.38. The number of nitrogen functional groups attached to an aromatic ring is 1. The van der Waals surface area contributed by atoms with Gasteiger partial charge < -0.3 is 16.0 Å². The number of halogens is 1. The zero-order valence-electron chi connectivity index (χ0n) is 12.6. The molecule has 0 radical (unpaired) electrons. The molecule has 2 rings (SSSR count). The third-order valence-electron chi connectivity index (χ3n) is 3.92. The molecule has 6 heteroatoms. The molecule has 3 N–H and O–H groups in total. The van der Waals surface area contributed by atoms with Gasteiger partial charge in [-0.3, -0.25) is 9.69 Å². The van der Waals surface area contributed by atoms with Crippen LogP contribution in [0.2, 0.25) is 5.02 Å². The number of hydrogen-bond donors (Lipinski definition) is 2. The van der Waals surface area contributed by atoms with Crippen LogP contribution in [0.5, 0.6) is 0 Å². The predicted molar refractivity (Wildman–Crippen MR) is 87.6 cm³/mol. The third kappa shape index (κ3) is 4.09. The molecule has 1 saturated heterocycles. The molecule has 1 heterocycles. The lowest BCUT2D eigenvalue weighted by atomic mass is 10.1. The highest BCUT2D eigenvalue weighted by Gasteiger charge is 2.27. The highest BCUT2D eigenvalue weighted by atomic mass is 35.5. The van der Waals surface area contributed by atoms with E-state index in [4.69, 9.17) is 17.3 Å². The Morgan fingerprint density at radius 1 is 1.38 bits per heavy atom. The maximum absolute atomic E-state index is 12.5. The molecule has 1 amide bonds. The molecule has 1 aliphatic rings. The monoisotopic (exact) mass is 310 g/mol. The van der Waals surface area contributed by atoms with Crippen molar-refractivity contribution in [3.63, 3.8) is 0 Å². The van der Waals surface area contributed by atoms with Crippen molar-refractivity contribution in [2.45, 2.75) is 19.4 Å². The summed E-state index contributed by atoms with van der Waals surface area (Å²) in [6.07, 6.45) is 0.780. The van der Waals surface area contributed by atoms with E-state index in [0.29, 0.717) is 16.4 Å². The molecule has 1 atom stereocenters. The molecule has 0 spiro atoms. The van der Waals surface area contributed by atoms with Gasteiger partial charge in [0.2, 0.25) is 5.91 Å². The highest BCUT2D eigenvalue weighted by Crippen LogP contribution is 2.24. The van der Waals surface area contributed by atoms with Crippen LogP contribution in [0.4, 0.5) is 11.4 Å². The van der Waals surface area contributed by atoms with Crippen LogP contribution in [0.15, 0.2) is 18.2 Å². The quantitative estimate of drug-likeness (QED) is 0.834. The van der Waals surface area contributed by atoms with E-state index in [9.17, 15) is 4.79 Å². The summed E-state index contributed by atoms with van der Waals surface area (Å²) in [6.45, 7) is 5.85. The fourth-order valence-corrected chi connectivity index (χ4v) is 2.83. The molecule has 0 bridgehead atoms. The summed E-state index contributed by atoms with van der Waals surface area (Å²) in [5.74, 6) is -0.00581. The van der Waals surface area contributed by atoms with E-state index < -0.39 is 0 Å². The Labute approximate surface area is 131 Å². The zero-order valence-corrected chi connectivity index (χ0v) is 13.4. The molecular weight excluding hydrogens is 288 g/mol. The topological polar surface area (TPSA) is 61.6 Å². The Morgan fingerprint density at radius 2 is 2.05 bits per heavy atom. The van der Waals surface area contributed by atoms with Crippen LogP contribution >= 0.6 is 11.6 Å². The fraction of sp³-hybridized carbons (Fsp3) is 0.533. The molecule has 0 aliphatic carbocycles. The molecular formula is C15H23ClN4O. The fourth-order valence-electron chi connectivity index (χ4n) is 2.59. The molecule has 1 aliphatic heterocycles. The van der Waals surface area contributed by atoms with Gasteiger partial charge in [0.15, 0.2) is 0 Å². The summed E-state index contributed by atoms with van der Waals surface area (Å²) < 4.78 is 0. The lowest BCUT2D eigenvalue weighted by molar-refractivity contribution is -0.122. The normalized spacial score (nSPS) is 18.4. The van der Waals surface area contributed by atoms with Gasteiger partial charge in [-0.1, -0.05) is 18.5 Å². The van der Waals surface area contributed by atoms with Crippen LogP contribution in [0.1, 0.15) is 13.3 Å². The van der Waals surface area contributed by atoms with Crippen molar-refractivity contribution in [1.29, 1.82) is 0 Å². The van der Waals surface area contributed by atoms with Gasteiger partial charge in [0.25, 0.3) is 0 Å². The molecule has 116 valence electrons. The Kier molecular flexibility index (Phi) is 5.45. The smallest absolute Gasteiger partial charge is 0.241 e. The largest absolute Gasteiger partial charge is 0.399 e. The molecule has 5 nitrogen and oxygen atoms in total. The number of nitrogens with zero attached hydrogens (tertiary/aromatic N) is 2. The summed E-state index contributed by atoms with van der Waals surface area (Å²) >= 11 is 6.11. The Balaban J connectivity index is 2.03. The standard InChI is InChI=1S/C15H23ClN4O/c1-3-14(20-8-6-19(2)7-9-20)15(21)18-13-5-4-11(17)10-12(13)16/h4-5,10,14H,3,6-9,17H2,1-2H3,(H,18,21). The molecule has 21 heavy (non-hydrogen) atoms. The first-order chi connectivity index (χ1) is 10.0. The number of anilines is 2. The lowest BCUT2D eigenvalue weighted by Gasteiger charge is -2.36. The summed E-state index contributed by atoms with van der Waals surface area (Å²) in [5.41, 5.74) is 6.87. The Hall–Kier alpha value is -1.30. The summed E-state index contributed by atoms with van der Waals surface area (Å²) in [6, 6.07) is 5.01. The number of carbonyl (C=O) groups is 1. The number of nitrogens with two attached hydrogens (primary N) is 1. The van der Waals surface area contributed by atoms with E-state index in [1.165, 1.54) is 0 Å². The van der Waals surface area contributed by atoms with E-state index in [1.54, 1.807) is 18.2 Å². The van der Waals surface area contributed by atoms with Crippen molar-refractivity contribution >= 4 is 28.9 Å². The van der Waals surface area contributed by atoms with Gasteiger partial charge in [0.1, 0.15) is 0 Å². The number of benzene rings is 1. The molecule has 0 saturated carbocycles. The van der Waals surface area contributed by atoms with E-state index >= 15 is 0 Å². The maximum atomic E-state index is 12.5. The SMILES string of the molecule is CCC(C(=O)Nc1ccc(N)cc1Cl)N1CCN(C)CC1. The second-order valence-electron chi connectivity index (χ2n) is 5.49. The van der Waals surface area contributed by atoms with Crippen LogP contribution in [0.3, 0.4) is 0 Å². The summed E-state index contributed by atoms with van der Waals surface area (Å²) in [7, 11) is 2.10. The van der Waals surface area contributed by atoms with E-state index in [-0.39, 0.29) is 11.9 Å². The number of carbonyl (C=O) groups excluding carboxylic acids is 1. The van der Waals surface area contributed by atoms with Gasteiger partial charge in [-0.15, -0.1) is 0 Å². The third-order valence-corrected chi connectivity index (χ3v) is 4.23. The van der Waals surface area contributed by atoms with E-state index in [1.807, 2.05) is 6.92 Å². The van der Waals surface area contributed by atoms with Gasteiger partial charge in [0, 0.05) is 31.9 Å². The van der Waals surface area contributed by atoms with Crippen LogP contribution < -0.4 is 11.1 Å². The van der Waals surface area contributed by atoms with Crippen LogP contribution in [-0.4, -0.2) is 55.0 Å². The van der Waals surface area contributed by atoms with Crippen LogP contribution in [-0.2, 0) is 4.79 Å². The van der Waals surface area contributed by atoms with Gasteiger partial charge in [-0.25, -0.2) is 0 Å². The zero-order chi connectivity index (χ0) is 15.4. The number of nitrogens with one attached hydrogen (secondary N) is 1. The van der Waals surface area contributed by atoms with Gasteiger partial charge >= 0.3 is 0 Å². The highest BCUT2D eigenvalue weighted by molar-refractivity contribution is 6.34. The molecule has 1 aromatic carbocycles. The molecule has 0 aromatic heterocycles. The minimum Gasteiger partial charge on any atom is -0.399 e. The van der Waals surface area contributed by atoms with Crippen molar-refractivity contribution in [2.24, 2.45) is 0 Å². The second-order valence-corrected chi connectivity index (χ2v) is 5.90.